The van der Waals surface area contributed by atoms with Crippen molar-refractivity contribution in [2.45, 2.75) is 25.9 Å². The molecule has 0 aliphatic heterocycles. The first-order valence-corrected chi connectivity index (χ1v) is 8.18. The molecule has 0 saturated heterocycles. The summed E-state index contributed by atoms with van der Waals surface area (Å²) >= 11 is 0. The topological polar surface area (TPSA) is 75.0 Å². The van der Waals surface area contributed by atoms with Gasteiger partial charge in [-0.1, -0.05) is 24.3 Å². The lowest BCUT2D eigenvalue weighted by atomic mass is 10.0. The summed E-state index contributed by atoms with van der Waals surface area (Å²) in [5, 5.41) is 1.12. The van der Waals surface area contributed by atoms with Gasteiger partial charge in [-0.15, -0.1) is 24.8 Å². The van der Waals surface area contributed by atoms with Crippen LogP contribution in [-0.4, -0.2) is 33.4 Å². The first-order chi connectivity index (χ1) is 11.7. The summed E-state index contributed by atoms with van der Waals surface area (Å²) in [5.74, 6) is -0.0477. The van der Waals surface area contributed by atoms with E-state index in [9.17, 15) is 4.79 Å². The molecule has 0 fully saturated rings. The molecule has 0 radical (unpaired) electrons. The van der Waals surface area contributed by atoms with E-state index in [2.05, 4.69) is 9.97 Å². The number of aromatic nitrogens is 2. The van der Waals surface area contributed by atoms with Crippen LogP contribution in [0, 0.1) is 0 Å². The Bertz CT molecular complexity index is 823. The van der Waals surface area contributed by atoms with Gasteiger partial charge in [0, 0.05) is 29.8 Å². The quantitative estimate of drug-likeness (QED) is 0.672. The van der Waals surface area contributed by atoms with Crippen LogP contribution < -0.4 is 5.73 Å². The Kier molecular flexibility index (Phi) is 8.58. The van der Waals surface area contributed by atoms with Gasteiger partial charge in [0.2, 0.25) is 5.91 Å². The van der Waals surface area contributed by atoms with E-state index in [0.717, 1.165) is 22.2 Å². The molecule has 3 aromatic rings. The average molecular weight is 395 g/mol. The summed E-state index contributed by atoms with van der Waals surface area (Å²) in [5.41, 5.74) is 9.20. The number of rotatable bonds is 6. The normalized spacial score (nSPS) is 11.3. The lowest BCUT2D eigenvalue weighted by Crippen LogP contribution is -2.44. The molecule has 0 aliphatic carbocycles. The number of nitrogens with zero attached hydrogens (tertiary/aromatic N) is 2. The Morgan fingerprint density at radius 1 is 1.19 bits per heavy atom. The van der Waals surface area contributed by atoms with Crippen molar-refractivity contribution in [3.63, 3.8) is 0 Å². The SMILES string of the molecule is CCN(Cc1ccccn1)C(=O)[C@@H](N)Cc1c[nH]c2ccccc12.Cl.Cl. The Morgan fingerprint density at radius 2 is 1.92 bits per heavy atom. The number of halogens is 2. The number of pyridine rings is 1. The van der Waals surface area contributed by atoms with Gasteiger partial charge in [-0.05, 0) is 37.1 Å². The highest BCUT2D eigenvalue weighted by Crippen LogP contribution is 2.19. The van der Waals surface area contributed by atoms with Crippen LogP contribution in [0.25, 0.3) is 10.9 Å². The van der Waals surface area contributed by atoms with Crippen molar-refractivity contribution in [2.24, 2.45) is 5.73 Å². The molecule has 2 aromatic heterocycles. The fourth-order valence-electron chi connectivity index (χ4n) is 2.89. The second-order valence-electron chi connectivity index (χ2n) is 5.84. The van der Waals surface area contributed by atoms with E-state index in [4.69, 9.17) is 5.73 Å². The molecule has 3 rings (SSSR count). The maximum Gasteiger partial charge on any atom is 0.240 e. The van der Waals surface area contributed by atoms with Crippen molar-refractivity contribution in [3.05, 3.63) is 66.1 Å². The molecular weight excluding hydrogens is 371 g/mol. The van der Waals surface area contributed by atoms with Crippen LogP contribution in [0.4, 0.5) is 0 Å². The van der Waals surface area contributed by atoms with E-state index in [1.165, 1.54) is 0 Å². The van der Waals surface area contributed by atoms with Gasteiger partial charge in [0.05, 0.1) is 18.3 Å². The number of hydrogen-bond acceptors (Lipinski definition) is 3. The van der Waals surface area contributed by atoms with Gasteiger partial charge < -0.3 is 15.6 Å². The van der Waals surface area contributed by atoms with E-state index >= 15 is 0 Å². The molecule has 0 unspecified atom stereocenters. The highest BCUT2D eigenvalue weighted by molar-refractivity contribution is 5.86. The minimum Gasteiger partial charge on any atom is -0.361 e. The molecule has 0 bridgehead atoms. The van der Waals surface area contributed by atoms with Crippen LogP contribution in [0.5, 0.6) is 0 Å². The third-order valence-corrected chi connectivity index (χ3v) is 4.20. The predicted molar refractivity (Wildman–Crippen MR) is 110 cm³/mol. The Morgan fingerprint density at radius 3 is 2.62 bits per heavy atom. The number of carbonyl (C=O) groups excluding carboxylic acids is 1. The van der Waals surface area contributed by atoms with Crippen molar-refractivity contribution in [3.8, 4) is 0 Å². The van der Waals surface area contributed by atoms with Crippen LogP contribution in [0.2, 0.25) is 0 Å². The van der Waals surface area contributed by atoms with Gasteiger partial charge in [0.1, 0.15) is 0 Å². The number of aromatic amines is 1. The summed E-state index contributed by atoms with van der Waals surface area (Å²) in [7, 11) is 0. The predicted octanol–water partition coefficient (Wildman–Crippen LogP) is 3.33. The lowest BCUT2D eigenvalue weighted by Gasteiger charge is -2.24. The number of para-hydroxylation sites is 1. The minimum atomic E-state index is -0.562. The van der Waals surface area contributed by atoms with Gasteiger partial charge in [0.15, 0.2) is 0 Å². The first kappa shape index (κ1) is 22.0. The fraction of sp³-hybridized carbons (Fsp3) is 0.263. The van der Waals surface area contributed by atoms with Crippen molar-refractivity contribution < 1.29 is 4.79 Å². The molecular formula is C19H24Cl2N4O. The summed E-state index contributed by atoms with van der Waals surface area (Å²) in [6.07, 6.45) is 4.19. The van der Waals surface area contributed by atoms with Crippen molar-refractivity contribution in [1.29, 1.82) is 0 Å². The number of carbonyl (C=O) groups is 1. The minimum absolute atomic E-state index is 0. The van der Waals surface area contributed by atoms with Gasteiger partial charge in [0.25, 0.3) is 0 Å². The molecule has 7 heteroatoms. The molecule has 26 heavy (non-hydrogen) atoms. The zero-order chi connectivity index (χ0) is 16.9. The largest absolute Gasteiger partial charge is 0.361 e. The van der Waals surface area contributed by atoms with Crippen LogP contribution in [0.3, 0.4) is 0 Å². The number of hydrogen-bond donors (Lipinski definition) is 2. The average Bonchev–Trinajstić information content (AvgIpc) is 3.03. The standard InChI is InChI=1S/C19H22N4O.2ClH/c1-2-23(13-15-7-5-6-10-21-15)19(24)17(20)11-14-12-22-18-9-4-3-8-16(14)18;;/h3-10,12,17,22H,2,11,13,20H2,1H3;2*1H/t17-;;/m0../s1. The van der Waals surface area contributed by atoms with E-state index in [0.29, 0.717) is 19.5 Å². The van der Waals surface area contributed by atoms with Crippen LogP contribution in [-0.2, 0) is 17.8 Å². The molecule has 1 aromatic carbocycles. The smallest absolute Gasteiger partial charge is 0.240 e. The highest BCUT2D eigenvalue weighted by Gasteiger charge is 2.21. The highest BCUT2D eigenvalue weighted by atomic mass is 35.5. The third-order valence-electron chi connectivity index (χ3n) is 4.20. The summed E-state index contributed by atoms with van der Waals surface area (Å²) < 4.78 is 0. The first-order valence-electron chi connectivity index (χ1n) is 8.18. The molecule has 3 N–H and O–H groups in total. The zero-order valence-corrected chi connectivity index (χ0v) is 16.2. The molecule has 1 amide bonds. The second-order valence-corrected chi connectivity index (χ2v) is 5.84. The molecule has 140 valence electrons. The second kappa shape index (κ2) is 10.2. The molecule has 5 nitrogen and oxygen atoms in total. The van der Waals surface area contributed by atoms with E-state index in [-0.39, 0.29) is 30.7 Å². The summed E-state index contributed by atoms with van der Waals surface area (Å²) in [6.45, 7) is 3.05. The van der Waals surface area contributed by atoms with Crippen LogP contribution in [0.1, 0.15) is 18.2 Å². The van der Waals surface area contributed by atoms with Crippen molar-refractivity contribution in [1.82, 2.24) is 14.9 Å². The number of H-pyrrole nitrogens is 1. The number of benzene rings is 1. The number of likely N-dealkylation sites (N-methyl/N-ethyl adjacent to an activating group) is 1. The maximum atomic E-state index is 12.7. The van der Waals surface area contributed by atoms with E-state index < -0.39 is 6.04 Å². The van der Waals surface area contributed by atoms with E-state index in [1.54, 1.807) is 11.1 Å². The number of nitrogens with two attached hydrogens (primary N) is 1. The van der Waals surface area contributed by atoms with E-state index in [1.807, 2.05) is 55.6 Å². The summed E-state index contributed by atoms with van der Waals surface area (Å²) in [4.78, 5) is 22.0. The van der Waals surface area contributed by atoms with Gasteiger partial charge in [-0.3, -0.25) is 9.78 Å². The maximum absolute atomic E-state index is 12.7. The monoisotopic (exact) mass is 394 g/mol. The fourth-order valence-corrected chi connectivity index (χ4v) is 2.89. The van der Waals surface area contributed by atoms with Crippen LogP contribution >= 0.6 is 24.8 Å². The Labute approximate surface area is 165 Å². The molecule has 2 heterocycles. The molecule has 0 saturated carbocycles. The van der Waals surface area contributed by atoms with Gasteiger partial charge in [-0.2, -0.15) is 0 Å². The van der Waals surface area contributed by atoms with Crippen molar-refractivity contribution in [2.75, 3.05) is 6.54 Å². The number of nitrogens with one attached hydrogen (secondary N) is 1. The Balaban J connectivity index is 0.00000169. The van der Waals surface area contributed by atoms with Gasteiger partial charge in [-0.25, -0.2) is 0 Å². The van der Waals surface area contributed by atoms with Gasteiger partial charge >= 0.3 is 0 Å². The Hall–Kier alpha value is -2.08. The third kappa shape index (κ3) is 4.97. The lowest BCUT2D eigenvalue weighted by molar-refractivity contribution is -0.133. The molecule has 0 spiro atoms. The zero-order valence-electron chi connectivity index (χ0n) is 14.6. The van der Waals surface area contributed by atoms with Crippen LogP contribution in [0.15, 0.2) is 54.9 Å². The molecule has 0 aliphatic rings. The number of fused-ring (bicyclic) bond motifs is 1. The summed E-state index contributed by atoms with van der Waals surface area (Å²) in [6, 6.07) is 13.2. The van der Waals surface area contributed by atoms with Crippen molar-refractivity contribution >= 4 is 41.6 Å². The molecule has 1 atom stereocenters. The number of amides is 1.